The van der Waals surface area contributed by atoms with Crippen molar-refractivity contribution in [3.63, 3.8) is 0 Å². The lowest BCUT2D eigenvalue weighted by Crippen LogP contribution is -2.24. The Hall–Kier alpha value is -2.99. The van der Waals surface area contributed by atoms with Crippen LogP contribution in [0.1, 0.15) is 35.3 Å². The van der Waals surface area contributed by atoms with Gasteiger partial charge in [-0.3, -0.25) is 4.79 Å². The molecule has 1 aromatic heterocycles. The summed E-state index contributed by atoms with van der Waals surface area (Å²) in [5, 5.41) is 5.16. The molecule has 0 saturated heterocycles. The minimum atomic E-state index is -0.123. The number of nitrogens with zero attached hydrogens (tertiary/aromatic N) is 3. The Bertz CT molecular complexity index is 1090. The Kier molecular flexibility index (Phi) is 4.87. The maximum Gasteiger partial charge on any atom is 0.279 e. The van der Waals surface area contributed by atoms with Crippen LogP contribution in [0, 0.1) is 5.92 Å². The maximum absolute atomic E-state index is 13.0. The standard InChI is InChI=1S/C23H22ClN3O3/c1-29-21-12-19(8-9-20(21)30-11-10-15-2-3-15)26-13-16-14-27(25-22(16)23(26)28)18-6-4-17(24)5-7-18/h4-9,12,14-15H,2-3,10-11,13H2,1H3. The summed E-state index contributed by atoms with van der Waals surface area (Å²) >= 11 is 5.95. The van der Waals surface area contributed by atoms with E-state index < -0.39 is 0 Å². The first-order valence-electron chi connectivity index (χ1n) is 10.1. The number of carbonyl (C=O) groups is 1. The molecule has 2 heterocycles. The predicted molar refractivity (Wildman–Crippen MR) is 115 cm³/mol. The lowest BCUT2D eigenvalue weighted by molar-refractivity contribution is 0.0991. The lowest BCUT2D eigenvalue weighted by atomic mass is 10.2. The second kappa shape index (κ2) is 7.69. The van der Waals surface area contributed by atoms with Gasteiger partial charge in [-0.05, 0) is 48.7 Å². The van der Waals surface area contributed by atoms with Crippen LogP contribution in [0.5, 0.6) is 11.5 Å². The molecular formula is C23H22ClN3O3. The molecule has 0 N–H and O–H groups in total. The minimum absolute atomic E-state index is 0.123. The molecule has 2 aromatic carbocycles. The first-order valence-corrected chi connectivity index (χ1v) is 10.5. The number of methoxy groups -OCH3 is 1. The van der Waals surface area contributed by atoms with Crippen LogP contribution in [0.15, 0.2) is 48.7 Å². The normalized spacial score (nSPS) is 15.4. The summed E-state index contributed by atoms with van der Waals surface area (Å²) in [6.07, 6.45) is 5.59. The molecule has 0 atom stereocenters. The van der Waals surface area contributed by atoms with Crippen LogP contribution in [0.4, 0.5) is 5.69 Å². The molecule has 30 heavy (non-hydrogen) atoms. The van der Waals surface area contributed by atoms with E-state index in [1.807, 2.05) is 36.5 Å². The van der Waals surface area contributed by atoms with E-state index in [0.29, 0.717) is 35.4 Å². The van der Waals surface area contributed by atoms with Crippen molar-refractivity contribution in [2.45, 2.75) is 25.8 Å². The summed E-state index contributed by atoms with van der Waals surface area (Å²) < 4.78 is 13.1. The Morgan fingerprint density at radius 3 is 2.57 bits per heavy atom. The molecule has 1 aliphatic heterocycles. The van der Waals surface area contributed by atoms with E-state index in [1.165, 1.54) is 12.8 Å². The number of hydrogen-bond donors (Lipinski definition) is 0. The molecule has 1 amide bonds. The highest BCUT2D eigenvalue weighted by molar-refractivity contribution is 6.30. The van der Waals surface area contributed by atoms with Crippen molar-refractivity contribution in [3.8, 4) is 17.2 Å². The fourth-order valence-corrected chi connectivity index (χ4v) is 3.82. The third-order valence-corrected chi connectivity index (χ3v) is 5.85. The Morgan fingerprint density at radius 2 is 1.87 bits per heavy atom. The van der Waals surface area contributed by atoms with Gasteiger partial charge in [-0.2, -0.15) is 5.10 Å². The number of amides is 1. The Morgan fingerprint density at radius 1 is 1.10 bits per heavy atom. The number of halogens is 1. The highest BCUT2D eigenvalue weighted by atomic mass is 35.5. The van der Waals surface area contributed by atoms with Crippen LogP contribution < -0.4 is 14.4 Å². The second-order valence-corrected chi connectivity index (χ2v) is 8.17. The van der Waals surface area contributed by atoms with Crippen molar-refractivity contribution in [3.05, 3.63) is 64.9 Å². The zero-order valence-corrected chi connectivity index (χ0v) is 17.4. The number of anilines is 1. The summed E-state index contributed by atoms with van der Waals surface area (Å²) in [5.41, 5.74) is 2.98. The highest BCUT2D eigenvalue weighted by Crippen LogP contribution is 2.37. The van der Waals surface area contributed by atoms with Gasteiger partial charge in [-0.25, -0.2) is 4.68 Å². The van der Waals surface area contributed by atoms with Crippen molar-refractivity contribution in [1.29, 1.82) is 0 Å². The van der Waals surface area contributed by atoms with Crippen LogP contribution in [-0.4, -0.2) is 29.4 Å². The summed E-state index contributed by atoms with van der Waals surface area (Å²) in [5.74, 6) is 2.03. The van der Waals surface area contributed by atoms with Gasteiger partial charge < -0.3 is 14.4 Å². The molecule has 6 nitrogen and oxygen atoms in total. The number of aromatic nitrogens is 2. The zero-order chi connectivity index (χ0) is 20.7. The SMILES string of the molecule is COc1cc(N2Cc3cn(-c4ccc(Cl)cc4)nc3C2=O)ccc1OCCC1CC1. The molecular weight excluding hydrogens is 402 g/mol. The third kappa shape index (κ3) is 3.63. The number of carbonyl (C=O) groups excluding carboxylic acids is 1. The average Bonchev–Trinajstić information content (AvgIpc) is 3.41. The van der Waals surface area contributed by atoms with Gasteiger partial charge in [0, 0.05) is 28.5 Å². The Balaban J connectivity index is 1.33. The van der Waals surface area contributed by atoms with Crippen molar-refractivity contribution >= 4 is 23.2 Å². The second-order valence-electron chi connectivity index (χ2n) is 7.73. The molecule has 7 heteroatoms. The number of ether oxygens (including phenoxy) is 2. The first kappa shape index (κ1) is 19.0. The maximum atomic E-state index is 13.0. The molecule has 2 aliphatic rings. The van der Waals surface area contributed by atoms with Crippen molar-refractivity contribution in [2.24, 2.45) is 5.92 Å². The predicted octanol–water partition coefficient (Wildman–Crippen LogP) is 4.87. The smallest absolute Gasteiger partial charge is 0.279 e. The molecule has 154 valence electrons. The molecule has 1 aliphatic carbocycles. The first-order chi connectivity index (χ1) is 14.6. The van der Waals surface area contributed by atoms with Crippen LogP contribution in [0.25, 0.3) is 5.69 Å². The van der Waals surface area contributed by atoms with Gasteiger partial charge in [-0.1, -0.05) is 24.4 Å². The molecule has 5 rings (SSSR count). The molecule has 0 unspecified atom stereocenters. The van der Waals surface area contributed by atoms with E-state index in [0.717, 1.165) is 29.3 Å². The zero-order valence-electron chi connectivity index (χ0n) is 16.7. The number of rotatable bonds is 7. The quantitative estimate of drug-likeness (QED) is 0.543. The van der Waals surface area contributed by atoms with Gasteiger partial charge >= 0.3 is 0 Å². The number of hydrogen-bond acceptors (Lipinski definition) is 4. The fraction of sp³-hybridized carbons (Fsp3) is 0.304. The monoisotopic (exact) mass is 423 g/mol. The van der Waals surface area contributed by atoms with Gasteiger partial charge in [0.1, 0.15) is 0 Å². The lowest BCUT2D eigenvalue weighted by Gasteiger charge is -2.18. The van der Waals surface area contributed by atoms with Crippen LogP contribution in [-0.2, 0) is 6.54 Å². The Labute approximate surface area is 180 Å². The van der Waals surface area contributed by atoms with E-state index in [2.05, 4.69) is 5.10 Å². The third-order valence-electron chi connectivity index (χ3n) is 5.60. The van der Waals surface area contributed by atoms with Crippen LogP contribution in [0.3, 0.4) is 0 Å². The number of fused-ring (bicyclic) bond motifs is 1. The van der Waals surface area contributed by atoms with Gasteiger partial charge in [0.15, 0.2) is 17.2 Å². The average molecular weight is 424 g/mol. The molecule has 1 saturated carbocycles. The van der Waals surface area contributed by atoms with Crippen molar-refractivity contribution in [2.75, 3.05) is 18.6 Å². The highest BCUT2D eigenvalue weighted by Gasteiger charge is 2.32. The summed E-state index contributed by atoms with van der Waals surface area (Å²) in [4.78, 5) is 14.7. The summed E-state index contributed by atoms with van der Waals surface area (Å²) in [6, 6.07) is 13.0. The summed E-state index contributed by atoms with van der Waals surface area (Å²) in [6.45, 7) is 1.15. The van der Waals surface area contributed by atoms with E-state index in [9.17, 15) is 4.79 Å². The molecule has 0 spiro atoms. The van der Waals surface area contributed by atoms with E-state index in [1.54, 1.807) is 28.8 Å². The van der Waals surface area contributed by atoms with E-state index in [4.69, 9.17) is 21.1 Å². The van der Waals surface area contributed by atoms with Crippen LogP contribution in [0.2, 0.25) is 5.02 Å². The van der Waals surface area contributed by atoms with Crippen molar-refractivity contribution in [1.82, 2.24) is 9.78 Å². The van der Waals surface area contributed by atoms with E-state index >= 15 is 0 Å². The summed E-state index contributed by atoms with van der Waals surface area (Å²) in [7, 11) is 1.62. The van der Waals surface area contributed by atoms with Crippen molar-refractivity contribution < 1.29 is 14.3 Å². The van der Waals surface area contributed by atoms with Gasteiger partial charge in [0.2, 0.25) is 0 Å². The number of benzene rings is 2. The molecule has 1 fully saturated rings. The molecule has 0 radical (unpaired) electrons. The van der Waals surface area contributed by atoms with Crippen LogP contribution >= 0.6 is 11.6 Å². The van der Waals surface area contributed by atoms with Gasteiger partial charge in [0.05, 0.1) is 25.9 Å². The van der Waals surface area contributed by atoms with E-state index in [-0.39, 0.29) is 5.91 Å². The largest absolute Gasteiger partial charge is 0.493 e. The minimum Gasteiger partial charge on any atom is -0.493 e. The van der Waals surface area contributed by atoms with Gasteiger partial charge in [-0.15, -0.1) is 0 Å². The molecule has 0 bridgehead atoms. The molecule has 3 aromatic rings. The topological polar surface area (TPSA) is 56.6 Å². The van der Waals surface area contributed by atoms with Gasteiger partial charge in [0.25, 0.3) is 5.91 Å². The fourth-order valence-electron chi connectivity index (χ4n) is 3.70.